The maximum atomic E-state index is 11.3. The number of piperazine rings is 1. The average Bonchev–Trinajstić information content (AvgIpc) is 2.89. The Morgan fingerprint density at radius 3 is 2.50 bits per heavy atom. The molecule has 1 saturated heterocycles. The van der Waals surface area contributed by atoms with Gasteiger partial charge in [-0.05, 0) is 60.4 Å². The predicted molar refractivity (Wildman–Crippen MR) is 134 cm³/mol. The minimum Gasteiger partial charge on any atom is -0.478 e. The third kappa shape index (κ3) is 6.40. The van der Waals surface area contributed by atoms with Crippen LogP contribution in [0.4, 0.5) is 18.9 Å². The average molecular weight is 549 g/mol. The van der Waals surface area contributed by atoms with Crippen LogP contribution in [-0.4, -0.2) is 68.9 Å². The molecule has 1 fully saturated rings. The molecule has 0 bridgehead atoms. The number of aryl methyl sites for hydroxylation is 1. The van der Waals surface area contributed by atoms with Crippen LogP contribution in [-0.2, 0) is 17.8 Å². The smallest absolute Gasteiger partial charge is 0.478 e. The Balaban J connectivity index is 0.000000426. The second kappa shape index (κ2) is 11.4. The van der Waals surface area contributed by atoms with E-state index < -0.39 is 18.1 Å². The molecule has 1 aromatic carbocycles. The van der Waals surface area contributed by atoms with E-state index in [2.05, 4.69) is 25.8 Å². The molecule has 4 heterocycles. The number of hydrogen-bond acceptors (Lipinski definition) is 6. The fraction of sp³-hybridized carbons (Fsp3) is 0.308. The zero-order chi connectivity index (χ0) is 27.4. The minimum absolute atomic E-state index is 0.372. The van der Waals surface area contributed by atoms with Gasteiger partial charge in [-0.15, -0.1) is 0 Å². The maximum Gasteiger partial charge on any atom is 0.490 e. The third-order valence-electron chi connectivity index (χ3n) is 6.48. The minimum atomic E-state index is -5.08. The number of pyridine rings is 2. The number of carboxylic acid groups (broad SMARTS) is 2. The van der Waals surface area contributed by atoms with Crippen LogP contribution in [0, 0.1) is 0 Å². The molecular weight excluding hydrogens is 525 g/mol. The number of alkyl halides is 3. The second-order valence-electron chi connectivity index (χ2n) is 8.95. The molecule has 0 saturated carbocycles. The molecule has 2 aromatic heterocycles. The largest absolute Gasteiger partial charge is 0.490 e. The van der Waals surface area contributed by atoms with Crippen LogP contribution < -0.4 is 4.90 Å². The molecule has 1 atom stereocenters. The van der Waals surface area contributed by atoms with Gasteiger partial charge in [-0.1, -0.05) is 17.7 Å². The lowest BCUT2D eigenvalue weighted by Crippen LogP contribution is -2.54. The van der Waals surface area contributed by atoms with Crippen molar-refractivity contribution in [3.63, 3.8) is 0 Å². The van der Waals surface area contributed by atoms with Crippen LogP contribution in [0.15, 0.2) is 54.9 Å². The Morgan fingerprint density at radius 2 is 1.84 bits per heavy atom. The number of benzene rings is 1. The molecule has 0 unspecified atom stereocenters. The van der Waals surface area contributed by atoms with E-state index in [4.69, 9.17) is 21.5 Å². The van der Waals surface area contributed by atoms with Crippen molar-refractivity contribution >= 4 is 29.2 Å². The molecule has 0 radical (unpaired) electrons. The standard InChI is InChI=1S/C24H23ClN4O2.C2HF3O2/c25-22-8-5-18(13-27-22)23-19(2-1-9-26-23)14-28-10-11-29-20(15-28)6-3-16-12-17(24(30)31)4-7-21(16)29;3-2(4,5)1(6)7/h1-2,4-5,7-9,12-13,20H,3,6,10-11,14-15H2,(H,30,31);(H,6,7)/t20-;/m0./s1. The summed E-state index contributed by atoms with van der Waals surface area (Å²) in [6, 6.07) is 13.8. The number of fused-ring (bicyclic) bond motifs is 3. The van der Waals surface area contributed by atoms with E-state index in [1.54, 1.807) is 18.3 Å². The summed E-state index contributed by atoms with van der Waals surface area (Å²) in [6.45, 7) is 3.69. The van der Waals surface area contributed by atoms with Gasteiger partial charge in [0.1, 0.15) is 5.15 Å². The molecule has 5 rings (SSSR count). The highest BCUT2D eigenvalue weighted by molar-refractivity contribution is 6.29. The number of aliphatic carboxylic acids is 1. The summed E-state index contributed by atoms with van der Waals surface area (Å²) in [7, 11) is 0. The van der Waals surface area contributed by atoms with Gasteiger partial charge in [0.2, 0.25) is 0 Å². The summed E-state index contributed by atoms with van der Waals surface area (Å²) in [5, 5.41) is 16.9. The highest BCUT2D eigenvalue weighted by Gasteiger charge is 2.38. The van der Waals surface area contributed by atoms with Crippen molar-refractivity contribution in [1.82, 2.24) is 14.9 Å². The molecule has 38 heavy (non-hydrogen) atoms. The van der Waals surface area contributed by atoms with Gasteiger partial charge in [-0.25, -0.2) is 14.6 Å². The van der Waals surface area contributed by atoms with E-state index in [1.807, 2.05) is 30.5 Å². The second-order valence-corrected chi connectivity index (χ2v) is 9.34. The maximum absolute atomic E-state index is 11.3. The number of carboxylic acids is 2. The van der Waals surface area contributed by atoms with Gasteiger partial charge in [-0.2, -0.15) is 13.2 Å². The van der Waals surface area contributed by atoms with E-state index in [1.165, 1.54) is 11.3 Å². The lowest BCUT2D eigenvalue weighted by molar-refractivity contribution is -0.192. The normalized spacial score (nSPS) is 17.1. The molecule has 12 heteroatoms. The summed E-state index contributed by atoms with van der Waals surface area (Å²) < 4.78 is 31.7. The van der Waals surface area contributed by atoms with E-state index in [0.717, 1.165) is 55.8 Å². The summed E-state index contributed by atoms with van der Waals surface area (Å²) >= 11 is 5.95. The van der Waals surface area contributed by atoms with Gasteiger partial charge in [0, 0.05) is 55.9 Å². The van der Waals surface area contributed by atoms with Crippen LogP contribution in [0.2, 0.25) is 5.15 Å². The Bertz CT molecular complexity index is 1320. The van der Waals surface area contributed by atoms with Crippen LogP contribution in [0.1, 0.15) is 27.9 Å². The van der Waals surface area contributed by atoms with Gasteiger partial charge in [0.25, 0.3) is 0 Å². The summed E-state index contributed by atoms with van der Waals surface area (Å²) in [6.07, 6.45) is 0.456. The Hall–Kier alpha value is -3.70. The van der Waals surface area contributed by atoms with Crippen molar-refractivity contribution in [2.75, 3.05) is 24.5 Å². The van der Waals surface area contributed by atoms with Crippen molar-refractivity contribution in [2.24, 2.45) is 0 Å². The van der Waals surface area contributed by atoms with Crippen molar-refractivity contribution in [1.29, 1.82) is 0 Å². The Labute approximate surface area is 221 Å². The number of aromatic nitrogens is 2. The first-order valence-corrected chi connectivity index (χ1v) is 12.1. The van der Waals surface area contributed by atoms with Crippen LogP contribution in [0.3, 0.4) is 0 Å². The number of nitrogens with zero attached hydrogens (tertiary/aromatic N) is 4. The zero-order valence-electron chi connectivity index (χ0n) is 20.0. The van der Waals surface area contributed by atoms with Crippen molar-refractivity contribution in [3.8, 4) is 11.3 Å². The van der Waals surface area contributed by atoms with Crippen LogP contribution in [0.25, 0.3) is 11.3 Å². The van der Waals surface area contributed by atoms with E-state index in [9.17, 15) is 23.1 Å². The number of halogens is 4. The molecule has 2 aliphatic rings. The van der Waals surface area contributed by atoms with E-state index in [0.29, 0.717) is 16.8 Å². The summed E-state index contributed by atoms with van der Waals surface area (Å²) in [5.74, 6) is -3.62. The zero-order valence-corrected chi connectivity index (χ0v) is 20.8. The molecule has 0 aliphatic carbocycles. The van der Waals surface area contributed by atoms with Crippen molar-refractivity contribution in [2.45, 2.75) is 31.6 Å². The van der Waals surface area contributed by atoms with Gasteiger partial charge < -0.3 is 15.1 Å². The van der Waals surface area contributed by atoms with E-state index in [-0.39, 0.29) is 0 Å². The SMILES string of the molecule is O=C(O)C(F)(F)F.O=C(O)c1ccc2c(c1)CC[C@H]1CN(Cc3cccnc3-c3ccc(Cl)nc3)CCN21. The number of aromatic carboxylic acids is 1. The van der Waals surface area contributed by atoms with Crippen LogP contribution in [0.5, 0.6) is 0 Å². The van der Waals surface area contributed by atoms with E-state index >= 15 is 0 Å². The number of hydrogen-bond donors (Lipinski definition) is 2. The van der Waals surface area contributed by atoms with Gasteiger partial charge >= 0.3 is 18.1 Å². The molecular formula is C26H24ClF3N4O4. The molecule has 0 amide bonds. The van der Waals surface area contributed by atoms with Gasteiger partial charge in [0.05, 0.1) is 11.3 Å². The lowest BCUT2D eigenvalue weighted by atomic mass is 9.92. The Kier molecular flexibility index (Phi) is 8.17. The predicted octanol–water partition coefficient (Wildman–Crippen LogP) is 4.77. The first kappa shape index (κ1) is 27.3. The summed E-state index contributed by atoms with van der Waals surface area (Å²) in [5.41, 5.74) is 5.81. The molecule has 3 aromatic rings. The summed E-state index contributed by atoms with van der Waals surface area (Å²) in [4.78, 5) is 33.9. The quantitative estimate of drug-likeness (QED) is 0.449. The van der Waals surface area contributed by atoms with Gasteiger partial charge in [0.15, 0.2) is 0 Å². The number of carbonyl (C=O) groups is 2. The third-order valence-corrected chi connectivity index (χ3v) is 6.70. The first-order chi connectivity index (χ1) is 18.0. The van der Waals surface area contributed by atoms with Gasteiger partial charge in [-0.3, -0.25) is 9.88 Å². The molecule has 200 valence electrons. The first-order valence-electron chi connectivity index (χ1n) is 11.7. The highest BCUT2D eigenvalue weighted by atomic mass is 35.5. The molecule has 2 N–H and O–H groups in total. The monoisotopic (exact) mass is 548 g/mol. The van der Waals surface area contributed by atoms with Crippen LogP contribution >= 0.6 is 11.6 Å². The fourth-order valence-electron chi connectivity index (χ4n) is 4.73. The molecule has 8 nitrogen and oxygen atoms in total. The Morgan fingerprint density at radius 1 is 1.08 bits per heavy atom. The number of anilines is 1. The molecule has 2 aliphatic heterocycles. The highest BCUT2D eigenvalue weighted by Crippen LogP contribution is 2.34. The fourth-order valence-corrected chi connectivity index (χ4v) is 4.84. The van der Waals surface area contributed by atoms with Crippen molar-refractivity contribution in [3.05, 3.63) is 76.7 Å². The number of rotatable bonds is 4. The topological polar surface area (TPSA) is 107 Å². The van der Waals surface area contributed by atoms with Crippen molar-refractivity contribution < 1.29 is 33.0 Å². The molecule has 0 spiro atoms. The lowest BCUT2D eigenvalue weighted by Gasteiger charge is -2.46.